The average Bonchev–Trinajstić information content (AvgIpc) is 3.39. The van der Waals surface area contributed by atoms with Gasteiger partial charge in [-0.1, -0.05) is 6.07 Å². The maximum atomic E-state index is 5.75. The highest BCUT2D eigenvalue weighted by molar-refractivity contribution is 7.80. The van der Waals surface area contributed by atoms with E-state index in [1.54, 1.807) is 12.7 Å². The molecule has 29 heavy (non-hydrogen) atoms. The summed E-state index contributed by atoms with van der Waals surface area (Å²) in [6.07, 6.45) is 5.25. The highest BCUT2D eigenvalue weighted by atomic mass is 32.1. The second-order valence-electron chi connectivity index (χ2n) is 7.60. The number of likely N-dealkylation sites (N-methyl/N-ethyl adjacent to an activating group) is 1. The van der Waals surface area contributed by atoms with Gasteiger partial charge in [0.2, 0.25) is 0 Å². The Morgan fingerprint density at radius 2 is 1.93 bits per heavy atom. The van der Waals surface area contributed by atoms with E-state index in [4.69, 9.17) is 12.2 Å². The highest BCUT2D eigenvalue weighted by Gasteiger charge is 2.41. The fourth-order valence-electron chi connectivity index (χ4n) is 4.02. The van der Waals surface area contributed by atoms with Gasteiger partial charge in [0.1, 0.15) is 12.7 Å². The molecule has 0 aliphatic carbocycles. The third-order valence-corrected chi connectivity index (χ3v) is 5.73. The Bertz CT molecular complexity index is 980. The van der Waals surface area contributed by atoms with E-state index in [9.17, 15) is 0 Å². The second kappa shape index (κ2) is 7.92. The molecule has 2 atom stereocenters. The molecule has 0 radical (unpaired) electrons. The Labute approximate surface area is 176 Å². The summed E-state index contributed by atoms with van der Waals surface area (Å²) in [7, 11) is 4.16. The molecular formula is C20H26N8S. The molecule has 152 valence electrons. The van der Waals surface area contributed by atoms with Crippen LogP contribution < -0.4 is 5.32 Å². The SMILES string of the molecule is Cc1cc([C@@H]2[C@H](c3ccccn3)NC(=S)N2CCN(C)C)c(C)n1-n1cnnc1. The van der Waals surface area contributed by atoms with Crippen LogP contribution in [0.4, 0.5) is 0 Å². The summed E-state index contributed by atoms with van der Waals surface area (Å²) in [5, 5.41) is 12.2. The lowest BCUT2D eigenvalue weighted by Crippen LogP contribution is -2.35. The molecule has 1 saturated heterocycles. The van der Waals surface area contributed by atoms with E-state index >= 15 is 0 Å². The number of rotatable bonds is 6. The van der Waals surface area contributed by atoms with Crippen molar-refractivity contribution in [2.75, 3.05) is 27.2 Å². The predicted molar refractivity (Wildman–Crippen MR) is 115 cm³/mol. The molecule has 1 fully saturated rings. The van der Waals surface area contributed by atoms with Gasteiger partial charge in [0, 0.05) is 36.2 Å². The van der Waals surface area contributed by atoms with Crippen molar-refractivity contribution >= 4 is 17.3 Å². The lowest BCUT2D eigenvalue weighted by Gasteiger charge is -2.29. The summed E-state index contributed by atoms with van der Waals surface area (Å²) in [4.78, 5) is 9.08. The van der Waals surface area contributed by atoms with Crippen molar-refractivity contribution < 1.29 is 0 Å². The van der Waals surface area contributed by atoms with E-state index in [2.05, 4.69) is 75.0 Å². The summed E-state index contributed by atoms with van der Waals surface area (Å²) in [5.41, 5.74) is 4.45. The minimum Gasteiger partial charge on any atom is -0.352 e. The summed E-state index contributed by atoms with van der Waals surface area (Å²) < 4.78 is 4.02. The highest BCUT2D eigenvalue weighted by Crippen LogP contribution is 2.40. The monoisotopic (exact) mass is 410 g/mol. The van der Waals surface area contributed by atoms with Crippen molar-refractivity contribution in [3.63, 3.8) is 0 Å². The summed E-state index contributed by atoms with van der Waals surface area (Å²) in [6, 6.07) is 8.28. The van der Waals surface area contributed by atoms with E-state index in [0.29, 0.717) is 0 Å². The largest absolute Gasteiger partial charge is 0.352 e. The number of nitrogens with zero attached hydrogens (tertiary/aromatic N) is 7. The molecule has 0 spiro atoms. The molecule has 3 aromatic heterocycles. The molecular weight excluding hydrogens is 384 g/mol. The minimum absolute atomic E-state index is 0.0132. The molecule has 0 saturated carbocycles. The Morgan fingerprint density at radius 1 is 1.17 bits per heavy atom. The molecule has 1 aliphatic heterocycles. The number of nitrogens with one attached hydrogen (secondary N) is 1. The molecule has 4 heterocycles. The number of thiocarbonyl (C=S) groups is 1. The van der Waals surface area contributed by atoms with Crippen LogP contribution in [0.2, 0.25) is 0 Å². The van der Waals surface area contributed by atoms with Crippen molar-refractivity contribution in [3.8, 4) is 0 Å². The maximum Gasteiger partial charge on any atom is 0.170 e. The molecule has 0 amide bonds. The van der Waals surface area contributed by atoms with Gasteiger partial charge in [-0.3, -0.25) is 9.66 Å². The number of aromatic nitrogens is 5. The smallest absolute Gasteiger partial charge is 0.170 e. The zero-order chi connectivity index (χ0) is 20.5. The van der Waals surface area contributed by atoms with Crippen LogP contribution in [0.25, 0.3) is 0 Å². The van der Waals surface area contributed by atoms with Crippen LogP contribution in [-0.2, 0) is 0 Å². The molecule has 0 bridgehead atoms. The first-order chi connectivity index (χ1) is 14.0. The molecule has 8 nitrogen and oxygen atoms in total. The second-order valence-corrected chi connectivity index (χ2v) is 7.99. The Morgan fingerprint density at radius 3 is 2.59 bits per heavy atom. The molecule has 3 aromatic rings. The first-order valence-corrected chi connectivity index (χ1v) is 10.0. The van der Waals surface area contributed by atoms with Crippen LogP contribution in [0.1, 0.15) is 34.7 Å². The Hall–Kier alpha value is -2.78. The predicted octanol–water partition coefficient (Wildman–Crippen LogP) is 1.94. The summed E-state index contributed by atoms with van der Waals surface area (Å²) in [6.45, 7) is 5.97. The number of hydrogen-bond acceptors (Lipinski definition) is 5. The molecule has 1 N–H and O–H groups in total. The van der Waals surface area contributed by atoms with E-state index in [-0.39, 0.29) is 12.1 Å². The molecule has 0 unspecified atom stereocenters. The number of pyridine rings is 1. The molecule has 9 heteroatoms. The topological polar surface area (TPSA) is 67.0 Å². The average molecular weight is 411 g/mol. The fourth-order valence-corrected chi connectivity index (χ4v) is 4.36. The van der Waals surface area contributed by atoms with E-state index in [1.165, 1.54) is 5.56 Å². The zero-order valence-electron chi connectivity index (χ0n) is 17.1. The normalized spacial score (nSPS) is 19.2. The van der Waals surface area contributed by atoms with Crippen molar-refractivity contribution in [2.45, 2.75) is 25.9 Å². The lowest BCUT2D eigenvalue weighted by atomic mass is 9.97. The standard InChI is InChI=1S/C20H26N8S/c1-14-11-16(15(2)28(14)26-12-22-23-13-26)19-18(17-7-5-6-8-21-17)24-20(29)27(19)10-9-25(3)4/h5-8,11-13,18-19H,9-10H2,1-4H3,(H,24,29)/t18-,19+/m0/s1. The van der Waals surface area contributed by atoms with Crippen molar-refractivity contribution in [3.05, 3.63) is 65.8 Å². The van der Waals surface area contributed by atoms with Gasteiger partial charge in [-0.15, -0.1) is 10.2 Å². The fraction of sp³-hybridized carbons (Fsp3) is 0.400. The Balaban J connectivity index is 1.79. The van der Waals surface area contributed by atoms with Crippen LogP contribution >= 0.6 is 12.2 Å². The first kappa shape index (κ1) is 19.5. The van der Waals surface area contributed by atoms with Gasteiger partial charge in [-0.2, -0.15) is 0 Å². The van der Waals surface area contributed by atoms with E-state index < -0.39 is 0 Å². The van der Waals surface area contributed by atoms with Gasteiger partial charge in [0.25, 0.3) is 0 Å². The number of hydrogen-bond donors (Lipinski definition) is 1. The lowest BCUT2D eigenvalue weighted by molar-refractivity contribution is 0.277. The minimum atomic E-state index is -0.0132. The van der Waals surface area contributed by atoms with Gasteiger partial charge < -0.3 is 15.1 Å². The maximum absolute atomic E-state index is 5.75. The van der Waals surface area contributed by atoms with Crippen LogP contribution in [0.15, 0.2) is 43.1 Å². The van der Waals surface area contributed by atoms with Crippen LogP contribution in [0, 0.1) is 13.8 Å². The molecule has 0 aromatic carbocycles. The van der Waals surface area contributed by atoms with Gasteiger partial charge in [0.05, 0.1) is 17.8 Å². The van der Waals surface area contributed by atoms with Crippen molar-refractivity contribution in [2.24, 2.45) is 0 Å². The van der Waals surface area contributed by atoms with Crippen LogP contribution in [-0.4, -0.2) is 66.6 Å². The Kier molecular flexibility index (Phi) is 5.33. The third-order valence-electron chi connectivity index (χ3n) is 5.38. The molecule has 4 rings (SSSR count). The zero-order valence-corrected chi connectivity index (χ0v) is 18.0. The molecule has 1 aliphatic rings. The van der Waals surface area contributed by atoms with E-state index in [1.807, 2.05) is 23.0 Å². The van der Waals surface area contributed by atoms with Crippen LogP contribution in [0.5, 0.6) is 0 Å². The van der Waals surface area contributed by atoms with Gasteiger partial charge >= 0.3 is 0 Å². The number of aryl methyl sites for hydroxylation is 1. The van der Waals surface area contributed by atoms with Crippen molar-refractivity contribution in [1.82, 2.24) is 39.7 Å². The summed E-state index contributed by atoms with van der Waals surface area (Å²) >= 11 is 5.75. The quantitative estimate of drug-likeness (QED) is 0.623. The summed E-state index contributed by atoms with van der Waals surface area (Å²) in [5.74, 6) is 0. The van der Waals surface area contributed by atoms with E-state index in [0.717, 1.165) is 35.3 Å². The van der Waals surface area contributed by atoms with Crippen molar-refractivity contribution in [1.29, 1.82) is 0 Å². The van der Waals surface area contributed by atoms with Crippen LogP contribution in [0.3, 0.4) is 0 Å². The third kappa shape index (κ3) is 3.63. The van der Waals surface area contributed by atoms with Gasteiger partial charge in [-0.05, 0) is 58.4 Å². The van der Waals surface area contributed by atoms with Gasteiger partial charge in [0.15, 0.2) is 5.11 Å². The van der Waals surface area contributed by atoms with Gasteiger partial charge in [-0.25, -0.2) is 4.68 Å². The first-order valence-electron chi connectivity index (χ1n) is 9.64.